The first-order valence-corrected chi connectivity index (χ1v) is 15.0. The van der Waals surface area contributed by atoms with Gasteiger partial charge in [-0.3, -0.25) is 4.68 Å². The summed E-state index contributed by atoms with van der Waals surface area (Å²) in [6.07, 6.45) is 14.3. The Morgan fingerprint density at radius 1 is 1.25 bits per heavy atom. The van der Waals surface area contributed by atoms with Crippen molar-refractivity contribution in [3.05, 3.63) is 36.9 Å². The summed E-state index contributed by atoms with van der Waals surface area (Å²) in [6.45, 7) is 7.48. The van der Waals surface area contributed by atoms with Crippen molar-refractivity contribution < 1.29 is 14.3 Å². The highest BCUT2D eigenvalue weighted by atomic mass is 32.3. The van der Waals surface area contributed by atoms with E-state index in [0.717, 1.165) is 34.5 Å². The van der Waals surface area contributed by atoms with E-state index < -0.39 is 21.2 Å². The van der Waals surface area contributed by atoms with Crippen LogP contribution in [0.15, 0.2) is 36.9 Å². The van der Waals surface area contributed by atoms with Crippen LogP contribution in [0.3, 0.4) is 0 Å². The average molecular weight is 513 g/mol. The molecule has 10 heteroatoms. The summed E-state index contributed by atoms with van der Waals surface area (Å²) in [4.78, 5) is 18.7. The van der Waals surface area contributed by atoms with E-state index in [1.54, 1.807) is 11.1 Å². The molecular weight excluding hydrogens is 476 g/mol. The minimum absolute atomic E-state index is 0.253. The number of hydrogen-bond acceptors (Lipinski definition) is 6. The summed E-state index contributed by atoms with van der Waals surface area (Å²) in [5, 5.41) is 15.1. The van der Waals surface area contributed by atoms with E-state index in [1.165, 1.54) is 0 Å². The topological polar surface area (TPSA) is 98.2 Å². The zero-order valence-electron chi connectivity index (χ0n) is 22.0. The Labute approximate surface area is 214 Å². The van der Waals surface area contributed by atoms with Gasteiger partial charge in [0.25, 0.3) is 0 Å². The summed E-state index contributed by atoms with van der Waals surface area (Å²) in [5.74, 6) is 1.07. The molecule has 1 amide bonds. The number of hydrogen-bond donors (Lipinski definition) is 0. The van der Waals surface area contributed by atoms with Gasteiger partial charge >= 0.3 is 6.09 Å². The van der Waals surface area contributed by atoms with Crippen LogP contribution in [0.2, 0.25) is 0 Å². The van der Waals surface area contributed by atoms with E-state index >= 15 is 0 Å². The fourth-order valence-electron chi connectivity index (χ4n) is 4.24. The monoisotopic (exact) mass is 512 g/mol. The first-order chi connectivity index (χ1) is 16.9. The number of pyridine rings is 1. The van der Waals surface area contributed by atoms with Gasteiger partial charge in [0.1, 0.15) is 23.5 Å². The number of amides is 1. The molecule has 36 heavy (non-hydrogen) atoms. The zero-order chi connectivity index (χ0) is 26.1. The summed E-state index contributed by atoms with van der Waals surface area (Å²) in [6, 6.07) is 6.29. The molecule has 0 aliphatic carbocycles. The smallest absolute Gasteiger partial charge is 0.410 e. The molecule has 1 aliphatic heterocycles. The molecule has 1 aliphatic rings. The Hall–Kier alpha value is -3.03. The van der Waals surface area contributed by atoms with Crippen LogP contribution in [-0.4, -0.2) is 80.1 Å². The van der Waals surface area contributed by atoms with Crippen LogP contribution in [-0.2, 0) is 21.7 Å². The number of ether oxygens (including phenoxy) is 2. The van der Waals surface area contributed by atoms with Crippen LogP contribution in [0, 0.1) is 11.3 Å². The Morgan fingerprint density at radius 3 is 2.67 bits per heavy atom. The number of nitriles is 1. The lowest BCUT2D eigenvalue weighted by Gasteiger charge is -2.48. The molecule has 0 saturated carbocycles. The van der Waals surface area contributed by atoms with Gasteiger partial charge in [-0.1, -0.05) is 0 Å². The van der Waals surface area contributed by atoms with E-state index in [1.807, 2.05) is 60.7 Å². The maximum absolute atomic E-state index is 12.5. The Bertz CT molecular complexity index is 1270. The number of aromatic nitrogens is 4. The molecule has 3 aromatic rings. The van der Waals surface area contributed by atoms with Gasteiger partial charge in [0.05, 0.1) is 38.4 Å². The fraction of sp³-hybridized carbons (Fsp3) is 0.538. The molecule has 0 bridgehead atoms. The van der Waals surface area contributed by atoms with Crippen molar-refractivity contribution in [2.45, 2.75) is 45.1 Å². The van der Waals surface area contributed by atoms with Crippen molar-refractivity contribution >= 4 is 27.2 Å². The molecule has 1 fully saturated rings. The van der Waals surface area contributed by atoms with Crippen molar-refractivity contribution in [1.82, 2.24) is 24.2 Å². The molecule has 9 nitrogen and oxygen atoms in total. The van der Waals surface area contributed by atoms with Gasteiger partial charge in [0.2, 0.25) is 0 Å². The molecule has 0 atom stereocenters. The Kier molecular flexibility index (Phi) is 7.08. The third-order valence-electron chi connectivity index (χ3n) is 6.14. The average Bonchev–Trinajstić information content (AvgIpc) is 3.39. The molecule has 0 N–H and O–H groups in total. The van der Waals surface area contributed by atoms with E-state index in [4.69, 9.17) is 9.47 Å². The number of fused-ring (bicyclic) bond motifs is 1. The SMILES string of the molecule is CC(C)(C)OC(=O)N1CC(CC#N)(n2cc(-c3ccnc4c3ccn4COCCS(C)(C)C)cn2)C1. The van der Waals surface area contributed by atoms with Crippen LogP contribution in [0.1, 0.15) is 27.2 Å². The summed E-state index contributed by atoms with van der Waals surface area (Å²) in [5.41, 5.74) is 1.68. The Morgan fingerprint density at radius 2 is 2.00 bits per heavy atom. The van der Waals surface area contributed by atoms with Gasteiger partial charge in [-0.25, -0.2) is 19.8 Å². The lowest BCUT2D eigenvalue weighted by Crippen LogP contribution is -2.64. The number of nitrogens with zero attached hydrogens (tertiary/aromatic N) is 6. The molecule has 0 radical (unpaired) electrons. The fourth-order valence-corrected chi connectivity index (χ4v) is 4.86. The van der Waals surface area contributed by atoms with Gasteiger partial charge in [0, 0.05) is 35.3 Å². The third-order valence-corrected chi connectivity index (χ3v) is 7.53. The molecule has 0 aromatic carbocycles. The van der Waals surface area contributed by atoms with Crippen LogP contribution in [0.25, 0.3) is 22.2 Å². The molecule has 4 rings (SSSR count). The number of rotatable bonds is 8. The quantitative estimate of drug-likeness (QED) is 0.414. The van der Waals surface area contributed by atoms with Gasteiger partial charge in [-0.15, -0.1) is 0 Å². The third kappa shape index (κ3) is 5.68. The maximum atomic E-state index is 12.5. The summed E-state index contributed by atoms with van der Waals surface area (Å²) < 4.78 is 15.2. The van der Waals surface area contributed by atoms with Crippen molar-refractivity contribution in [1.29, 1.82) is 5.26 Å². The van der Waals surface area contributed by atoms with E-state index in [9.17, 15) is 10.1 Å². The van der Waals surface area contributed by atoms with Crippen LogP contribution >= 0.6 is 10.0 Å². The van der Waals surface area contributed by atoms with Crippen molar-refractivity contribution in [2.24, 2.45) is 0 Å². The molecular formula is C26H36N6O3S. The van der Waals surface area contributed by atoms with Crippen LogP contribution in [0.4, 0.5) is 4.79 Å². The van der Waals surface area contributed by atoms with E-state index in [-0.39, 0.29) is 12.5 Å². The molecule has 4 heterocycles. The zero-order valence-corrected chi connectivity index (χ0v) is 22.8. The lowest BCUT2D eigenvalue weighted by atomic mass is 9.87. The predicted molar refractivity (Wildman–Crippen MR) is 143 cm³/mol. The van der Waals surface area contributed by atoms with Gasteiger partial charge in [-0.05, 0) is 57.2 Å². The lowest BCUT2D eigenvalue weighted by molar-refractivity contribution is -0.0314. The summed E-state index contributed by atoms with van der Waals surface area (Å²) in [7, 11) is -0.586. The molecule has 0 unspecified atom stereocenters. The Balaban J connectivity index is 1.51. The van der Waals surface area contributed by atoms with Gasteiger partial charge in [-0.2, -0.15) is 10.4 Å². The van der Waals surface area contributed by atoms with Crippen molar-refractivity contribution in [3.63, 3.8) is 0 Å². The molecule has 3 aromatic heterocycles. The van der Waals surface area contributed by atoms with Crippen LogP contribution < -0.4 is 0 Å². The van der Waals surface area contributed by atoms with E-state index in [0.29, 0.717) is 19.8 Å². The normalized spacial score (nSPS) is 16.0. The van der Waals surface area contributed by atoms with Gasteiger partial charge < -0.3 is 18.9 Å². The molecule has 0 spiro atoms. The maximum Gasteiger partial charge on any atom is 0.410 e. The van der Waals surface area contributed by atoms with Gasteiger partial charge in [0.15, 0.2) is 0 Å². The first-order valence-electron chi connectivity index (χ1n) is 12.0. The second-order valence-electron chi connectivity index (χ2n) is 11.3. The minimum Gasteiger partial charge on any atom is -0.444 e. The number of carbonyl (C=O) groups is 1. The van der Waals surface area contributed by atoms with Crippen molar-refractivity contribution in [2.75, 3.05) is 44.2 Å². The standard InChI is InChI=1S/C26H36N6O3S/c1-25(2,3)35-24(33)31-17-26(18-31,9-10-27)32-16-20(15-29-32)21-7-11-28-23-22(21)8-12-30(23)19-34-13-14-36(4,5)6/h7-8,11-12,15-16H,9,13-14,17-19H2,1-6H3. The highest BCUT2D eigenvalue weighted by Crippen LogP contribution is 2.36. The summed E-state index contributed by atoms with van der Waals surface area (Å²) >= 11 is 0. The second kappa shape index (κ2) is 9.79. The molecule has 1 saturated heterocycles. The molecule has 194 valence electrons. The largest absolute Gasteiger partial charge is 0.444 e. The number of carbonyl (C=O) groups excluding carboxylic acids is 1. The minimum atomic E-state index is -0.586. The predicted octanol–water partition coefficient (Wildman–Crippen LogP) is 4.43. The van der Waals surface area contributed by atoms with Crippen molar-refractivity contribution in [3.8, 4) is 17.2 Å². The number of likely N-dealkylation sites (tertiary alicyclic amines) is 1. The van der Waals surface area contributed by atoms with E-state index in [2.05, 4.69) is 34.9 Å². The highest BCUT2D eigenvalue weighted by molar-refractivity contribution is 8.32. The highest BCUT2D eigenvalue weighted by Gasteiger charge is 2.48. The van der Waals surface area contributed by atoms with Crippen LogP contribution in [0.5, 0.6) is 0 Å². The second-order valence-corrected chi connectivity index (χ2v) is 15.9. The first kappa shape index (κ1) is 26.0.